The van der Waals surface area contributed by atoms with Gasteiger partial charge in [0, 0.05) is 48.0 Å². The number of anilines is 1. The van der Waals surface area contributed by atoms with Gasteiger partial charge in [0.2, 0.25) is 5.95 Å². The van der Waals surface area contributed by atoms with Crippen LogP contribution in [0.2, 0.25) is 0 Å². The molecule has 1 saturated heterocycles. The molecule has 32 heavy (non-hydrogen) atoms. The molecule has 0 bridgehead atoms. The van der Waals surface area contributed by atoms with Crippen molar-refractivity contribution < 1.29 is 5.11 Å². The summed E-state index contributed by atoms with van der Waals surface area (Å²) in [6, 6.07) is 5.86. The molecule has 0 aliphatic carbocycles. The van der Waals surface area contributed by atoms with E-state index in [0.717, 1.165) is 29.7 Å². The summed E-state index contributed by atoms with van der Waals surface area (Å²) in [5, 5.41) is 27.4. The second kappa shape index (κ2) is 7.85. The van der Waals surface area contributed by atoms with E-state index in [1.54, 1.807) is 18.5 Å². The van der Waals surface area contributed by atoms with Crippen LogP contribution in [0.1, 0.15) is 46.2 Å². The molecular formula is C24H33N7O. The smallest absolute Gasteiger partial charge is 0.245 e. The van der Waals surface area contributed by atoms with Crippen LogP contribution in [-0.2, 0) is 7.05 Å². The molecule has 0 radical (unpaired) electrons. The van der Waals surface area contributed by atoms with Gasteiger partial charge in [0.05, 0.1) is 12.4 Å². The molecule has 4 rings (SSSR count). The third-order valence-electron chi connectivity index (χ3n) is 6.40. The highest BCUT2D eigenvalue weighted by atomic mass is 16.3. The number of hydrogen-bond acceptors (Lipinski definition) is 7. The van der Waals surface area contributed by atoms with E-state index in [4.69, 9.17) is 0 Å². The molecule has 8 nitrogen and oxygen atoms in total. The Labute approximate surface area is 189 Å². The van der Waals surface area contributed by atoms with E-state index < -0.39 is 0 Å². The van der Waals surface area contributed by atoms with Crippen LogP contribution < -0.4 is 10.2 Å². The fraction of sp³-hybridized carbons (Fsp3) is 0.500. The van der Waals surface area contributed by atoms with Crippen LogP contribution >= 0.6 is 0 Å². The molecule has 2 aromatic heterocycles. The maximum Gasteiger partial charge on any atom is 0.245 e. The number of aromatic hydroxyl groups is 1. The molecule has 1 aliphatic heterocycles. The number of piperidine rings is 1. The van der Waals surface area contributed by atoms with Crippen molar-refractivity contribution in [2.24, 2.45) is 7.05 Å². The monoisotopic (exact) mass is 435 g/mol. The average Bonchev–Trinajstić information content (AvgIpc) is 3.04. The van der Waals surface area contributed by atoms with Gasteiger partial charge in [-0.25, -0.2) is 4.98 Å². The molecule has 1 aromatic carbocycles. The minimum absolute atomic E-state index is 0.0359. The Morgan fingerprint density at radius 3 is 2.28 bits per heavy atom. The first-order valence-corrected chi connectivity index (χ1v) is 11.0. The maximum atomic E-state index is 10.7. The number of phenolic OH excluding ortho intramolecular Hbond substituents is 1. The third kappa shape index (κ3) is 4.32. The maximum absolute atomic E-state index is 10.7. The molecule has 0 spiro atoms. The van der Waals surface area contributed by atoms with Crippen LogP contribution in [0.3, 0.4) is 0 Å². The van der Waals surface area contributed by atoms with E-state index >= 15 is 0 Å². The summed E-state index contributed by atoms with van der Waals surface area (Å²) < 4.78 is 1.82. The van der Waals surface area contributed by atoms with E-state index in [-0.39, 0.29) is 16.8 Å². The first kappa shape index (κ1) is 22.2. The van der Waals surface area contributed by atoms with Gasteiger partial charge in [-0.05, 0) is 65.2 Å². The van der Waals surface area contributed by atoms with Gasteiger partial charge in [0.25, 0.3) is 0 Å². The van der Waals surface area contributed by atoms with Crippen LogP contribution in [0.4, 0.5) is 5.95 Å². The van der Waals surface area contributed by atoms with Crippen molar-refractivity contribution in [3.05, 3.63) is 36.3 Å². The largest absolute Gasteiger partial charge is 0.507 e. The Morgan fingerprint density at radius 1 is 1.06 bits per heavy atom. The fourth-order valence-electron chi connectivity index (χ4n) is 4.96. The van der Waals surface area contributed by atoms with E-state index in [0.29, 0.717) is 23.2 Å². The van der Waals surface area contributed by atoms with Crippen molar-refractivity contribution in [2.45, 2.75) is 64.6 Å². The van der Waals surface area contributed by atoms with E-state index in [1.165, 1.54) is 0 Å². The van der Waals surface area contributed by atoms with Gasteiger partial charge in [-0.3, -0.25) is 4.68 Å². The quantitative estimate of drug-likeness (QED) is 0.645. The lowest BCUT2D eigenvalue weighted by molar-refractivity contribution is 0.160. The van der Waals surface area contributed by atoms with Gasteiger partial charge in [-0.1, -0.05) is 6.07 Å². The van der Waals surface area contributed by atoms with Crippen LogP contribution in [0.15, 0.2) is 30.6 Å². The number of rotatable bonds is 4. The van der Waals surface area contributed by atoms with Crippen LogP contribution in [0, 0.1) is 6.92 Å². The zero-order valence-electron chi connectivity index (χ0n) is 20.0. The van der Waals surface area contributed by atoms with Crippen molar-refractivity contribution in [3.8, 4) is 28.1 Å². The summed E-state index contributed by atoms with van der Waals surface area (Å²) in [5.41, 5.74) is 4.15. The molecular weight excluding hydrogens is 402 g/mol. The lowest BCUT2D eigenvalue weighted by Gasteiger charge is -2.48. The molecule has 3 aromatic rings. The van der Waals surface area contributed by atoms with Gasteiger partial charge in [-0.2, -0.15) is 5.10 Å². The Kier molecular flexibility index (Phi) is 5.45. The fourth-order valence-corrected chi connectivity index (χ4v) is 4.96. The number of aryl methyl sites for hydroxylation is 1. The molecule has 170 valence electrons. The van der Waals surface area contributed by atoms with Crippen molar-refractivity contribution in [2.75, 3.05) is 11.9 Å². The predicted octanol–water partition coefficient (Wildman–Crippen LogP) is 3.70. The molecule has 8 heteroatoms. The summed E-state index contributed by atoms with van der Waals surface area (Å²) in [4.78, 5) is 6.69. The van der Waals surface area contributed by atoms with Crippen LogP contribution in [-0.4, -0.2) is 54.2 Å². The Hall–Kier alpha value is -3.00. The number of aromatic nitrogens is 5. The highest BCUT2D eigenvalue weighted by Crippen LogP contribution is 2.34. The number of nitrogens with one attached hydrogen (secondary N) is 1. The zero-order chi connectivity index (χ0) is 23.3. The highest BCUT2D eigenvalue weighted by Gasteiger charge is 2.39. The van der Waals surface area contributed by atoms with Gasteiger partial charge >= 0.3 is 0 Å². The first-order valence-electron chi connectivity index (χ1n) is 11.0. The minimum atomic E-state index is 0.0359. The first-order chi connectivity index (χ1) is 15.0. The second-order valence-electron chi connectivity index (χ2n) is 10.2. The predicted molar refractivity (Wildman–Crippen MR) is 127 cm³/mol. The molecule has 0 amide bonds. The van der Waals surface area contributed by atoms with Gasteiger partial charge in [0.1, 0.15) is 11.4 Å². The Balaban J connectivity index is 1.55. The third-order valence-corrected chi connectivity index (χ3v) is 6.40. The summed E-state index contributed by atoms with van der Waals surface area (Å²) in [6.07, 6.45) is 5.47. The average molecular weight is 436 g/mol. The molecule has 1 aliphatic rings. The number of hydrogen-bond donors (Lipinski definition) is 2. The van der Waals surface area contributed by atoms with E-state index in [1.807, 2.05) is 37.8 Å². The molecule has 1 fully saturated rings. The minimum Gasteiger partial charge on any atom is -0.507 e. The molecule has 2 N–H and O–H groups in total. The van der Waals surface area contributed by atoms with Crippen molar-refractivity contribution in [1.29, 1.82) is 0 Å². The Morgan fingerprint density at radius 2 is 1.75 bits per heavy atom. The van der Waals surface area contributed by atoms with Crippen molar-refractivity contribution >= 4 is 5.95 Å². The highest BCUT2D eigenvalue weighted by molar-refractivity contribution is 5.74. The summed E-state index contributed by atoms with van der Waals surface area (Å²) in [7, 11) is 3.93. The SMILES string of the molecule is Cc1c(-c2ccc(-c3cnc(N(C)C4CC(C)(C)NC(C)(C)C4)nn3)c(O)c2)cnn1C. The summed E-state index contributed by atoms with van der Waals surface area (Å²) >= 11 is 0. The molecule has 3 heterocycles. The lowest BCUT2D eigenvalue weighted by atomic mass is 9.79. The second-order valence-corrected chi connectivity index (χ2v) is 10.2. The van der Waals surface area contributed by atoms with Gasteiger partial charge in [0.15, 0.2) is 0 Å². The molecule has 0 saturated carbocycles. The molecule has 0 unspecified atom stereocenters. The van der Waals surface area contributed by atoms with E-state index in [2.05, 4.69) is 58.2 Å². The number of phenols is 1. The van der Waals surface area contributed by atoms with Gasteiger partial charge < -0.3 is 15.3 Å². The zero-order valence-corrected chi connectivity index (χ0v) is 20.0. The van der Waals surface area contributed by atoms with Crippen molar-refractivity contribution in [3.63, 3.8) is 0 Å². The molecule has 0 atom stereocenters. The van der Waals surface area contributed by atoms with Gasteiger partial charge in [-0.15, -0.1) is 10.2 Å². The number of benzene rings is 1. The van der Waals surface area contributed by atoms with Crippen LogP contribution in [0.25, 0.3) is 22.4 Å². The standard InChI is InChI=1S/C24H33N7O/c1-15-19(13-26-31(15)7)16-8-9-18(21(32)10-16)20-14-25-22(28-27-20)30(6)17-11-23(2,3)29-24(4,5)12-17/h8-10,13-14,17,29,32H,11-12H2,1-7H3. The van der Waals surface area contributed by atoms with E-state index in [9.17, 15) is 5.11 Å². The number of nitrogens with zero attached hydrogens (tertiary/aromatic N) is 6. The lowest BCUT2D eigenvalue weighted by Crippen LogP contribution is -2.62. The summed E-state index contributed by atoms with van der Waals surface area (Å²) in [6.45, 7) is 10.9. The van der Waals surface area contributed by atoms with Crippen LogP contribution in [0.5, 0.6) is 5.75 Å². The van der Waals surface area contributed by atoms with Crippen molar-refractivity contribution in [1.82, 2.24) is 30.3 Å². The summed E-state index contributed by atoms with van der Waals surface area (Å²) in [5.74, 6) is 0.735. The Bertz CT molecular complexity index is 1100. The topological polar surface area (TPSA) is 92.0 Å². The normalized spacial score (nSPS) is 18.0.